The second-order valence-corrected chi connectivity index (χ2v) is 1.56. The van der Waals surface area contributed by atoms with Crippen LogP contribution in [-0.2, 0) is 26.2 Å². The van der Waals surface area contributed by atoms with E-state index in [9.17, 15) is 0 Å². The first-order chi connectivity index (χ1) is 2.91. The maximum atomic E-state index is 3.72. The molecule has 1 N–H and O–H groups in total. The van der Waals surface area contributed by atoms with Crippen molar-refractivity contribution in [2.24, 2.45) is 0 Å². The predicted molar refractivity (Wildman–Crippen MR) is 31.4 cm³/mol. The first-order valence-electron chi connectivity index (χ1n) is 2.71. The molecule has 0 aliphatic rings. The Hall–Kier alpha value is 0.843. The molecule has 0 rings (SSSR count). The van der Waals surface area contributed by atoms with Crippen LogP contribution in [0.4, 0.5) is 0 Å². The van der Waals surface area contributed by atoms with Crippen molar-refractivity contribution in [2.75, 3.05) is 0 Å². The maximum Gasteiger partial charge on any atom is 2.00 e. The molecule has 0 fully saturated rings. The van der Waals surface area contributed by atoms with Gasteiger partial charge in [0.1, 0.15) is 0 Å². The van der Waals surface area contributed by atoms with Crippen molar-refractivity contribution in [1.29, 1.82) is 0 Å². The fourth-order valence-electron chi connectivity index (χ4n) is 0.427. The van der Waals surface area contributed by atoms with Crippen LogP contribution in [0, 0.1) is 6.92 Å². The molecule has 0 aliphatic heterocycles. The standard InChI is InChI=1S/C6H13.H2O.Zr/c1-3-5-6-4-2;;/h1,3-6H2,2H3;1H2;/q-1;;+2/p-1. The predicted octanol–water partition coefficient (Wildman–Crippen LogP) is 2.22. The van der Waals surface area contributed by atoms with Gasteiger partial charge in [0, 0.05) is 0 Å². The molecular formula is C6H14OZr. The van der Waals surface area contributed by atoms with Crippen LogP contribution in [-0.4, -0.2) is 5.48 Å². The smallest absolute Gasteiger partial charge is 0.870 e. The van der Waals surface area contributed by atoms with Gasteiger partial charge in [0.2, 0.25) is 0 Å². The molecule has 0 saturated heterocycles. The third-order valence-corrected chi connectivity index (χ3v) is 0.854. The average Bonchev–Trinajstić information content (AvgIpc) is 1.61. The van der Waals surface area contributed by atoms with E-state index in [2.05, 4.69) is 13.8 Å². The molecule has 0 aromatic rings. The van der Waals surface area contributed by atoms with Crippen molar-refractivity contribution in [2.45, 2.75) is 32.6 Å². The molecule has 0 amide bonds. The first kappa shape index (κ1) is 15.9. The van der Waals surface area contributed by atoms with Crippen molar-refractivity contribution in [3.63, 3.8) is 0 Å². The van der Waals surface area contributed by atoms with Gasteiger partial charge in [-0.15, -0.1) is 0 Å². The molecule has 0 saturated carbocycles. The van der Waals surface area contributed by atoms with Crippen molar-refractivity contribution < 1.29 is 31.7 Å². The van der Waals surface area contributed by atoms with Gasteiger partial charge in [0.25, 0.3) is 0 Å². The zero-order valence-corrected chi connectivity index (χ0v) is 7.94. The molecule has 8 heavy (non-hydrogen) atoms. The van der Waals surface area contributed by atoms with Crippen LogP contribution in [0.2, 0.25) is 0 Å². The quantitative estimate of drug-likeness (QED) is 0.499. The average molecular weight is 193 g/mol. The Morgan fingerprint density at radius 3 is 1.88 bits per heavy atom. The number of rotatable bonds is 3. The Morgan fingerprint density at radius 1 is 1.25 bits per heavy atom. The van der Waals surface area contributed by atoms with Crippen LogP contribution in [0.5, 0.6) is 0 Å². The maximum absolute atomic E-state index is 3.72. The van der Waals surface area contributed by atoms with Gasteiger partial charge in [-0.05, 0) is 0 Å². The minimum atomic E-state index is 0. The van der Waals surface area contributed by atoms with E-state index in [1.165, 1.54) is 19.3 Å². The van der Waals surface area contributed by atoms with E-state index in [1.807, 2.05) is 0 Å². The Kier molecular flexibility index (Phi) is 31.2. The summed E-state index contributed by atoms with van der Waals surface area (Å²) in [6.07, 6.45) is 5.07. The minimum absolute atomic E-state index is 0. The van der Waals surface area contributed by atoms with E-state index < -0.39 is 0 Å². The summed E-state index contributed by atoms with van der Waals surface area (Å²) in [5, 5.41) is 0. The molecule has 0 aromatic heterocycles. The topological polar surface area (TPSA) is 30.0 Å². The number of unbranched alkanes of at least 4 members (excludes halogenated alkanes) is 3. The summed E-state index contributed by atoms with van der Waals surface area (Å²) in [7, 11) is 0. The van der Waals surface area contributed by atoms with Gasteiger partial charge in [-0.1, -0.05) is 26.2 Å². The Labute approximate surface area is 71.3 Å². The van der Waals surface area contributed by atoms with Gasteiger partial charge in [0.15, 0.2) is 0 Å². The molecule has 1 nitrogen and oxygen atoms in total. The van der Waals surface area contributed by atoms with Crippen LogP contribution in [0.3, 0.4) is 0 Å². The molecule has 0 unspecified atom stereocenters. The Morgan fingerprint density at radius 2 is 1.75 bits per heavy atom. The Bertz CT molecular complexity index is 20.5. The SMILES string of the molecule is [CH2-]CCCCC.[OH-].[Zr+2]. The summed E-state index contributed by atoms with van der Waals surface area (Å²) in [5.74, 6) is 0. The third kappa shape index (κ3) is 15.8. The largest absolute Gasteiger partial charge is 2.00 e. The van der Waals surface area contributed by atoms with E-state index in [-0.39, 0.29) is 31.7 Å². The molecule has 48 valence electrons. The molecule has 0 heterocycles. The van der Waals surface area contributed by atoms with Crippen molar-refractivity contribution >= 4 is 0 Å². The third-order valence-electron chi connectivity index (χ3n) is 0.854. The molecule has 0 atom stereocenters. The summed E-state index contributed by atoms with van der Waals surface area (Å²) < 4.78 is 0. The van der Waals surface area contributed by atoms with Crippen LogP contribution in [0.1, 0.15) is 32.6 Å². The minimum Gasteiger partial charge on any atom is -0.870 e. The first-order valence-corrected chi connectivity index (χ1v) is 2.71. The van der Waals surface area contributed by atoms with E-state index in [0.717, 1.165) is 6.42 Å². The summed E-state index contributed by atoms with van der Waals surface area (Å²) in [6.45, 7) is 5.93. The molecule has 0 radical (unpaired) electrons. The van der Waals surface area contributed by atoms with E-state index in [1.54, 1.807) is 0 Å². The zero-order valence-electron chi connectivity index (χ0n) is 5.48. The van der Waals surface area contributed by atoms with Crippen molar-refractivity contribution in [3.05, 3.63) is 6.92 Å². The van der Waals surface area contributed by atoms with Gasteiger partial charge in [0.05, 0.1) is 0 Å². The molecule has 0 bridgehead atoms. The van der Waals surface area contributed by atoms with Gasteiger partial charge >= 0.3 is 26.2 Å². The van der Waals surface area contributed by atoms with Gasteiger partial charge in [-0.3, -0.25) is 0 Å². The van der Waals surface area contributed by atoms with Gasteiger partial charge in [-0.25, -0.2) is 0 Å². The monoisotopic (exact) mass is 192 g/mol. The fraction of sp³-hybridized carbons (Fsp3) is 0.833. The van der Waals surface area contributed by atoms with E-state index in [4.69, 9.17) is 0 Å². The molecular weight excluding hydrogens is 179 g/mol. The number of hydrogen-bond acceptors (Lipinski definition) is 1. The van der Waals surface area contributed by atoms with E-state index >= 15 is 0 Å². The normalized spacial score (nSPS) is 6.75. The molecule has 0 spiro atoms. The second-order valence-electron chi connectivity index (χ2n) is 1.56. The van der Waals surface area contributed by atoms with Crippen LogP contribution in [0.15, 0.2) is 0 Å². The van der Waals surface area contributed by atoms with Crippen molar-refractivity contribution in [1.82, 2.24) is 0 Å². The van der Waals surface area contributed by atoms with E-state index in [0.29, 0.717) is 0 Å². The summed E-state index contributed by atoms with van der Waals surface area (Å²) in [4.78, 5) is 0. The zero-order chi connectivity index (χ0) is 4.83. The van der Waals surface area contributed by atoms with Crippen molar-refractivity contribution in [3.8, 4) is 0 Å². The van der Waals surface area contributed by atoms with Gasteiger partial charge < -0.3 is 12.4 Å². The summed E-state index contributed by atoms with van der Waals surface area (Å²) >= 11 is 0. The van der Waals surface area contributed by atoms with Crippen LogP contribution >= 0.6 is 0 Å². The fourth-order valence-corrected chi connectivity index (χ4v) is 0.427. The van der Waals surface area contributed by atoms with Crippen LogP contribution in [0.25, 0.3) is 0 Å². The van der Waals surface area contributed by atoms with Gasteiger partial charge in [-0.2, -0.15) is 6.42 Å². The summed E-state index contributed by atoms with van der Waals surface area (Å²) in [6, 6.07) is 0. The molecule has 0 aliphatic carbocycles. The summed E-state index contributed by atoms with van der Waals surface area (Å²) in [5.41, 5.74) is 0. The molecule has 0 aromatic carbocycles. The Balaban J connectivity index is -0.000000125. The van der Waals surface area contributed by atoms with Crippen LogP contribution < -0.4 is 0 Å². The number of hydrogen-bond donors (Lipinski definition) is 0. The second kappa shape index (κ2) is 15.7. The molecule has 2 heteroatoms.